The highest BCUT2D eigenvalue weighted by atomic mass is 16.5. The van der Waals surface area contributed by atoms with Crippen LogP contribution in [-0.4, -0.2) is 28.8 Å². The summed E-state index contributed by atoms with van der Waals surface area (Å²) in [5, 5.41) is 15.2. The standard InChI is InChI=1S/C10H16N2O3/c1-7(2)8(3-5-13)11-10(14)9-4-6-15-12-9/h4,6-8,13H,3,5H2,1-2H3,(H,11,14). The highest BCUT2D eigenvalue weighted by molar-refractivity contribution is 5.92. The summed E-state index contributed by atoms with van der Waals surface area (Å²) in [6, 6.07) is 1.46. The third kappa shape index (κ3) is 3.36. The Morgan fingerprint density at radius 3 is 2.87 bits per heavy atom. The van der Waals surface area contributed by atoms with Gasteiger partial charge in [0.2, 0.25) is 0 Å². The lowest BCUT2D eigenvalue weighted by atomic mass is 10.0. The number of hydrogen-bond donors (Lipinski definition) is 2. The largest absolute Gasteiger partial charge is 0.396 e. The normalized spacial score (nSPS) is 12.8. The zero-order valence-corrected chi connectivity index (χ0v) is 8.93. The van der Waals surface area contributed by atoms with Gasteiger partial charge in [0, 0.05) is 18.7 Å². The van der Waals surface area contributed by atoms with E-state index < -0.39 is 0 Å². The van der Waals surface area contributed by atoms with Gasteiger partial charge in [-0.2, -0.15) is 0 Å². The predicted molar refractivity (Wildman–Crippen MR) is 54.3 cm³/mol. The minimum absolute atomic E-state index is 0.0424. The van der Waals surface area contributed by atoms with Crippen LogP contribution in [0.15, 0.2) is 16.9 Å². The van der Waals surface area contributed by atoms with Crippen LogP contribution >= 0.6 is 0 Å². The van der Waals surface area contributed by atoms with Crippen LogP contribution in [0.2, 0.25) is 0 Å². The van der Waals surface area contributed by atoms with E-state index >= 15 is 0 Å². The number of nitrogens with one attached hydrogen (secondary N) is 1. The van der Waals surface area contributed by atoms with Crippen LogP contribution in [-0.2, 0) is 0 Å². The summed E-state index contributed by atoms with van der Waals surface area (Å²) in [5.41, 5.74) is 0.263. The van der Waals surface area contributed by atoms with Gasteiger partial charge in [0.05, 0.1) is 0 Å². The van der Waals surface area contributed by atoms with Crippen molar-refractivity contribution in [3.05, 3.63) is 18.0 Å². The quantitative estimate of drug-likeness (QED) is 0.757. The first-order valence-corrected chi connectivity index (χ1v) is 4.97. The molecule has 1 atom stereocenters. The van der Waals surface area contributed by atoms with Crippen molar-refractivity contribution >= 4 is 5.91 Å². The Kier molecular flexibility index (Phi) is 4.30. The molecule has 84 valence electrons. The first-order valence-electron chi connectivity index (χ1n) is 4.97. The van der Waals surface area contributed by atoms with Crippen LogP contribution < -0.4 is 5.32 Å². The maximum absolute atomic E-state index is 11.6. The molecule has 0 bridgehead atoms. The molecule has 1 aromatic heterocycles. The Balaban J connectivity index is 2.55. The molecule has 5 nitrogen and oxygen atoms in total. The smallest absolute Gasteiger partial charge is 0.273 e. The van der Waals surface area contributed by atoms with Gasteiger partial charge in [0.1, 0.15) is 6.26 Å². The summed E-state index contributed by atoms with van der Waals surface area (Å²) in [7, 11) is 0. The Bertz CT molecular complexity index is 296. The lowest BCUT2D eigenvalue weighted by Crippen LogP contribution is -2.39. The topological polar surface area (TPSA) is 75.4 Å². The van der Waals surface area contributed by atoms with Crippen LogP contribution in [0.25, 0.3) is 0 Å². The zero-order valence-electron chi connectivity index (χ0n) is 8.93. The number of aromatic nitrogens is 1. The van der Waals surface area contributed by atoms with E-state index in [1.54, 1.807) is 0 Å². The molecule has 1 heterocycles. The van der Waals surface area contributed by atoms with Crippen molar-refractivity contribution in [3.8, 4) is 0 Å². The van der Waals surface area contributed by atoms with Crippen LogP contribution in [0.4, 0.5) is 0 Å². The van der Waals surface area contributed by atoms with Gasteiger partial charge >= 0.3 is 0 Å². The number of aliphatic hydroxyl groups is 1. The van der Waals surface area contributed by atoms with Crippen LogP contribution in [0.3, 0.4) is 0 Å². The molecule has 0 saturated heterocycles. The fourth-order valence-corrected chi connectivity index (χ4v) is 1.28. The third-order valence-corrected chi connectivity index (χ3v) is 2.23. The van der Waals surface area contributed by atoms with E-state index in [2.05, 4.69) is 15.0 Å². The van der Waals surface area contributed by atoms with Gasteiger partial charge < -0.3 is 14.9 Å². The summed E-state index contributed by atoms with van der Waals surface area (Å²) in [6.07, 6.45) is 1.90. The van der Waals surface area contributed by atoms with Gasteiger partial charge in [-0.05, 0) is 12.3 Å². The molecule has 1 unspecified atom stereocenters. The number of carbonyl (C=O) groups excluding carboxylic acids is 1. The SMILES string of the molecule is CC(C)C(CCO)NC(=O)c1ccon1. The van der Waals surface area contributed by atoms with Crippen LogP contribution in [0.5, 0.6) is 0 Å². The lowest BCUT2D eigenvalue weighted by Gasteiger charge is -2.20. The molecule has 0 radical (unpaired) electrons. The first-order chi connectivity index (χ1) is 7.15. The van der Waals surface area contributed by atoms with Gasteiger partial charge in [-0.3, -0.25) is 4.79 Å². The molecule has 1 aromatic rings. The predicted octanol–water partition coefficient (Wildman–Crippen LogP) is 0.811. The summed E-state index contributed by atoms with van der Waals surface area (Å²) in [4.78, 5) is 11.6. The molecule has 5 heteroatoms. The average Bonchev–Trinajstić information content (AvgIpc) is 2.69. The molecule has 0 aliphatic carbocycles. The van der Waals surface area contributed by atoms with Gasteiger partial charge in [-0.1, -0.05) is 19.0 Å². The average molecular weight is 212 g/mol. The van der Waals surface area contributed by atoms with Crippen molar-refractivity contribution in [1.82, 2.24) is 10.5 Å². The highest BCUT2D eigenvalue weighted by Crippen LogP contribution is 2.06. The minimum atomic E-state index is -0.268. The summed E-state index contributed by atoms with van der Waals surface area (Å²) in [6.45, 7) is 4.04. The van der Waals surface area contributed by atoms with Crippen LogP contribution in [0, 0.1) is 5.92 Å². The number of hydrogen-bond acceptors (Lipinski definition) is 4. The number of amides is 1. The maximum Gasteiger partial charge on any atom is 0.273 e. The number of rotatable bonds is 5. The minimum Gasteiger partial charge on any atom is -0.396 e. The van der Waals surface area contributed by atoms with Crippen molar-refractivity contribution in [2.75, 3.05) is 6.61 Å². The van der Waals surface area contributed by atoms with E-state index in [0.717, 1.165) is 0 Å². The second kappa shape index (κ2) is 5.50. The monoisotopic (exact) mass is 212 g/mol. The van der Waals surface area contributed by atoms with Crippen molar-refractivity contribution < 1.29 is 14.4 Å². The fraction of sp³-hybridized carbons (Fsp3) is 0.600. The molecule has 0 saturated carbocycles. The molecule has 15 heavy (non-hydrogen) atoms. The molecule has 0 aromatic carbocycles. The van der Waals surface area contributed by atoms with Crippen molar-refractivity contribution in [1.29, 1.82) is 0 Å². The molecular formula is C10H16N2O3. The van der Waals surface area contributed by atoms with Crippen molar-refractivity contribution in [3.63, 3.8) is 0 Å². The number of aliphatic hydroxyl groups excluding tert-OH is 1. The molecule has 0 aliphatic heterocycles. The van der Waals surface area contributed by atoms with E-state index in [0.29, 0.717) is 6.42 Å². The summed E-state index contributed by atoms with van der Waals surface area (Å²) >= 11 is 0. The highest BCUT2D eigenvalue weighted by Gasteiger charge is 2.17. The van der Waals surface area contributed by atoms with Gasteiger partial charge in [0.25, 0.3) is 5.91 Å². The Morgan fingerprint density at radius 2 is 2.40 bits per heavy atom. The summed E-state index contributed by atoms with van der Waals surface area (Å²) in [5.74, 6) is 0.00361. The fourth-order valence-electron chi connectivity index (χ4n) is 1.28. The first kappa shape index (κ1) is 11.7. The number of nitrogens with zero attached hydrogens (tertiary/aromatic N) is 1. The van der Waals surface area contributed by atoms with E-state index in [-0.39, 0.29) is 30.2 Å². The van der Waals surface area contributed by atoms with Gasteiger partial charge in [0.15, 0.2) is 5.69 Å². The Labute approximate surface area is 88.5 Å². The van der Waals surface area contributed by atoms with E-state index in [9.17, 15) is 4.79 Å². The number of carbonyl (C=O) groups is 1. The van der Waals surface area contributed by atoms with E-state index in [1.807, 2.05) is 13.8 Å². The van der Waals surface area contributed by atoms with Gasteiger partial charge in [-0.15, -0.1) is 0 Å². The Hall–Kier alpha value is -1.36. The van der Waals surface area contributed by atoms with Crippen molar-refractivity contribution in [2.24, 2.45) is 5.92 Å². The van der Waals surface area contributed by atoms with Crippen LogP contribution in [0.1, 0.15) is 30.8 Å². The summed E-state index contributed by atoms with van der Waals surface area (Å²) < 4.78 is 4.58. The molecule has 0 aliphatic rings. The maximum atomic E-state index is 11.6. The second-order valence-corrected chi connectivity index (χ2v) is 3.72. The Morgan fingerprint density at radius 1 is 1.67 bits per heavy atom. The molecular weight excluding hydrogens is 196 g/mol. The zero-order chi connectivity index (χ0) is 11.3. The molecule has 1 rings (SSSR count). The molecule has 2 N–H and O–H groups in total. The third-order valence-electron chi connectivity index (χ3n) is 2.23. The van der Waals surface area contributed by atoms with E-state index in [4.69, 9.17) is 5.11 Å². The molecule has 0 fully saturated rings. The van der Waals surface area contributed by atoms with Gasteiger partial charge in [-0.25, -0.2) is 0 Å². The van der Waals surface area contributed by atoms with E-state index in [1.165, 1.54) is 12.3 Å². The lowest BCUT2D eigenvalue weighted by molar-refractivity contribution is 0.0907. The molecule has 0 spiro atoms. The van der Waals surface area contributed by atoms with Crippen molar-refractivity contribution in [2.45, 2.75) is 26.3 Å². The molecule has 1 amide bonds. The second-order valence-electron chi connectivity index (χ2n) is 3.72.